The van der Waals surface area contributed by atoms with Gasteiger partial charge in [0.1, 0.15) is 0 Å². The van der Waals surface area contributed by atoms with Gasteiger partial charge in [0.15, 0.2) is 5.76 Å². The molecule has 3 rings (SSSR count). The van der Waals surface area contributed by atoms with E-state index >= 15 is 0 Å². The molecule has 6 heteroatoms. The smallest absolute Gasteiger partial charge is 0.209 e. The first-order valence-electron chi connectivity index (χ1n) is 6.29. The van der Waals surface area contributed by atoms with Crippen LogP contribution in [0.3, 0.4) is 0 Å². The molecule has 1 saturated heterocycles. The first-order valence-corrected chi connectivity index (χ1v) is 6.29. The lowest BCUT2D eigenvalue weighted by atomic mass is 10.2. The van der Waals surface area contributed by atoms with Crippen molar-refractivity contribution in [2.75, 3.05) is 13.1 Å². The number of aromatic nitrogens is 1. The van der Waals surface area contributed by atoms with E-state index in [1.807, 2.05) is 30.3 Å². The van der Waals surface area contributed by atoms with Crippen molar-refractivity contribution < 1.29 is 4.42 Å². The molecule has 0 spiro atoms. The van der Waals surface area contributed by atoms with Gasteiger partial charge in [-0.05, 0) is 6.42 Å². The lowest BCUT2D eigenvalue weighted by molar-refractivity contribution is 0.289. The van der Waals surface area contributed by atoms with Crippen molar-refractivity contribution in [3.05, 3.63) is 42.4 Å². The molecule has 1 fully saturated rings. The molecule has 0 bridgehead atoms. The molecular formula is C14H19Cl2N3O. The van der Waals surface area contributed by atoms with Gasteiger partial charge in [0.25, 0.3) is 0 Å². The van der Waals surface area contributed by atoms with Crippen molar-refractivity contribution in [2.24, 2.45) is 5.73 Å². The molecule has 20 heavy (non-hydrogen) atoms. The summed E-state index contributed by atoms with van der Waals surface area (Å²) in [6, 6.07) is 10.3. The molecule has 0 amide bonds. The van der Waals surface area contributed by atoms with Crippen LogP contribution in [0.2, 0.25) is 0 Å². The molecule has 110 valence electrons. The molecular weight excluding hydrogens is 297 g/mol. The van der Waals surface area contributed by atoms with Crippen molar-refractivity contribution in [2.45, 2.75) is 19.0 Å². The number of halogens is 2. The Balaban J connectivity index is 0.000001000. The number of oxazole rings is 1. The minimum absolute atomic E-state index is 0. The first-order chi connectivity index (χ1) is 8.81. The average molecular weight is 316 g/mol. The molecule has 2 N–H and O–H groups in total. The van der Waals surface area contributed by atoms with Crippen LogP contribution in [0.4, 0.5) is 0 Å². The second-order valence-electron chi connectivity index (χ2n) is 4.77. The lowest BCUT2D eigenvalue weighted by Crippen LogP contribution is -2.26. The number of rotatable bonds is 3. The summed E-state index contributed by atoms with van der Waals surface area (Å²) in [7, 11) is 0. The van der Waals surface area contributed by atoms with E-state index in [2.05, 4.69) is 9.88 Å². The van der Waals surface area contributed by atoms with E-state index in [9.17, 15) is 0 Å². The van der Waals surface area contributed by atoms with Crippen LogP contribution < -0.4 is 5.73 Å². The largest absolute Gasteiger partial charge is 0.439 e. The van der Waals surface area contributed by atoms with Gasteiger partial charge in [-0.2, -0.15) is 0 Å². The molecule has 1 aromatic carbocycles. The molecule has 2 heterocycles. The second-order valence-corrected chi connectivity index (χ2v) is 4.77. The van der Waals surface area contributed by atoms with Crippen molar-refractivity contribution in [1.82, 2.24) is 9.88 Å². The third-order valence-electron chi connectivity index (χ3n) is 3.28. The minimum atomic E-state index is 0. The molecule has 4 nitrogen and oxygen atoms in total. The van der Waals surface area contributed by atoms with Gasteiger partial charge in [0.2, 0.25) is 5.89 Å². The number of nitrogens with zero attached hydrogens (tertiary/aromatic N) is 2. The Morgan fingerprint density at radius 2 is 2.00 bits per heavy atom. The first kappa shape index (κ1) is 17.0. The zero-order chi connectivity index (χ0) is 12.4. The fourth-order valence-electron chi connectivity index (χ4n) is 2.32. The maximum absolute atomic E-state index is 5.88. The summed E-state index contributed by atoms with van der Waals surface area (Å²) in [6.45, 7) is 2.72. The van der Waals surface area contributed by atoms with Gasteiger partial charge < -0.3 is 10.2 Å². The molecule has 0 aliphatic carbocycles. The van der Waals surface area contributed by atoms with E-state index in [-0.39, 0.29) is 24.8 Å². The van der Waals surface area contributed by atoms with E-state index in [1.54, 1.807) is 6.20 Å². The van der Waals surface area contributed by atoms with E-state index < -0.39 is 0 Å². The van der Waals surface area contributed by atoms with Crippen LogP contribution in [0.1, 0.15) is 12.3 Å². The van der Waals surface area contributed by atoms with Gasteiger partial charge in [-0.25, -0.2) is 4.98 Å². The lowest BCUT2D eigenvalue weighted by Gasteiger charge is -2.11. The average Bonchev–Trinajstić information content (AvgIpc) is 3.01. The van der Waals surface area contributed by atoms with Crippen LogP contribution in [0.25, 0.3) is 11.3 Å². The van der Waals surface area contributed by atoms with E-state index in [0.717, 1.165) is 43.3 Å². The summed E-state index contributed by atoms with van der Waals surface area (Å²) in [5.74, 6) is 1.59. The van der Waals surface area contributed by atoms with Crippen LogP contribution in [0.5, 0.6) is 0 Å². The maximum Gasteiger partial charge on any atom is 0.209 e. The number of hydrogen-bond donors (Lipinski definition) is 1. The summed E-state index contributed by atoms with van der Waals surface area (Å²) >= 11 is 0. The molecule has 1 atom stereocenters. The highest BCUT2D eigenvalue weighted by atomic mass is 35.5. The Kier molecular flexibility index (Phi) is 6.49. The van der Waals surface area contributed by atoms with Gasteiger partial charge in [-0.15, -0.1) is 24.8 Å². The normalized spacial score (nSPS) is 18.4. The standard InChI is InChI=1S/C14H17N3O.2ClH/c15-12-6-7-17(9-12)10-14-16-8-13(18-14)11-4-2-1-3-5-11;;/h1-5,8,12H,6-7,9-10,15H2;2*1H/t12-;;/m1../s1. The molecule has 1 aromatic heterocycles. The topological polar surface area (TPSA) is 55.3 Å². The Bertz CT molecular complexity index is 518. The van der Waals surface area contributed by atoms with Gasteiger partial charge in [0.05, 0.1) is 12.7 Å². The summed E-state index contributed by atoms with van der Waals surface area (Å²) in [4.78, 5) is 6.61. The Morgan fingerprint density at radius 3 is 2.65 bits per heavy atom. The highest BCUT2D eigenvalue weighted by Gasteiger charge is 2.20. The Morgan fingerprint density at radius 1 is 1.25 bits per heavy atom. The maximum atomic E-state index is 5.88. The zero-order valence-corrected chi connectivity index (χ0v) is 12.7. The van der Waals surface area contributed by atoms with Gasteiger partial charge >= 0.3 is 0 Å². The molecule has 0 unspecified atom stereocenters. The molecule has 1 aliphatic rings. The Hall–Kier alpha value is -1.07. The van der Waals surface area contributed by atoms with Crippen LogP contribution in [0.15, 0.2) is 40.9 Å². The third-order valence-corrected chi connectivity index (χ3v) is 3.28. The van der Waals surface area contributed by atoms with Crippen LogP contribution in [-0.4, -0.2) is 29.0 Å². The number of benzene rings is 1. The van der Waals surface area contributed by atoms with E-state index in [4.69, 9.17) is 10.2 Å². The number of hydrogen-bond acceptors (Lipinski definition) is 4. The van der Waals surface area contributed by atoms with E-state index in [1.165, 1.54) is 0 Å². The van der Waals surface area contributed by atoms with Crippen molar-refractivity contribution in [3.63, 3.8) is 0 Å². The van der Waals surface area contributed by atoms with Gasteiger partial charge in [0, 0.05) is 24.7 Å². The van der Waals surface area contributed by atoms with E-state index in [0.29, 0.717) is 6.04 Å². The fourth-order valence-corrected chi connectivity index (χ4v) is 2.32. The number of likely N-dealkylation sites (tertiary alicyclic amines) is 1. The minimum Gasteiger partial charge on any atom is -0.439 e. The highest BCUT2D eigenvalue weighted by molar-refractivity contribution is 5.85. The molecule has 0 saturated carbocycles. The molecule has 0 radical (unpaired) electrons. The third kappa shape index (κ3) is 3.96. The van der Waals surface area contributed by atoms with Crippen molar-refractivity contribution in [3.8, 4) is 11.3 Å². The summed E-state index contributed by atoms with van der Waals surface area (Å²) in [5, 5.41) is 0. The summed E-state index contributed by atoms with van der Waals surface area (Å²) in [5.41, 5.74) is 6.95. The van der Waals surface area contributed by atoms with Gasteiger partial charge in [-0.3, -0.25) is 4.90 Å². The SMILES string of the molecule is Cl.Cl.N[C@@H]1CCN(Cc2ncc(-c3ccccc3)o2)C1. The predicted octanol–water partition coefficient (Wildman–Crippen LogP) is 2.72. The molecule has 1 aliphatic heterocycles. The van der Waals surface area contributed by atoms with Crippen molar-refractivity contribution in [1.29, 1.82) is 0 Å². The monoisotopic (exact) mass is 315 g/mol. The second kappa shape index (κ2) is 7.64. The fraction of sp³-hybridized carbons (Fsp3) is 0.357. The Labute approximate surface area is 131 Å². The number of nitrogens with two attached hydrogens (primary N) is 1. The summed E-state index contributed by atoms with van der Waals surface area (Å²) < 4.78 is 5.77. The van der Waals surface area contributed by atoms with Crippen LogP contribution in [-0.2, 0) is 6.54 Å². The predicted molar refractivity (Wildman–Crippen MR) is 84.3 cm³/mol. The summed E-state index contributed by atoms with van der Waals surface area (Å²) in [6.07, 6.45) is 2.85. The van der Waals surface area contributed by atoms with Crippen LogP contribution >= 0.6 is 24.8 Å². The van der Waals surface area contributed by atoms with Crippen molar-refractivity contribution >= 4 is 24.8 Å². The van der Waals surface area contributed by atoms with Crippen LogP contribution in [0, 0.1) is 0 Å². The molecule has 2 aromatic rings. The zero-order valence-electron chi connectivity index (χ0n) is 11.1. The van der Waals surface area contributed by atoms with Gasteiger partial charge in [-0.1, -0.05) is 30.3 Å². The quantitative estimate of drug-likeness (QED) is 0.946. The highest BCUT2D eigenvalue weighted by Crippen LogP contribution is 2.21.